The average molecular weight is 166 g/mol. The molecule has 66 valence electrons. The molecule has 0 aliphatic carbocycles. The maximum atomic E-state index is 9.39. The summed E-state index contributed by atoms with van der Waals surface area (Å²) in [6.45, 7) is 2.11. The highest BCUT2D eigenvalue weighted by Crippen LogP contribution is 2.26. The molecule has 2 heteroatoms. The third kappa shape index (κ3) is 1.91. The third-order valence-corrected chi connectivity index (χ3v) is 1.78. The van der Waals surface area contributed by atoms with Gasteiger partial charge in [0.2, 0.25) is 0 Å². The molecule has 0 heterocycles. The van der Waals surface area contributed by atoms with Crippen molar-refractivity contribution in [3.63, 3.8) is 0 Å². The fourth-order valence-electron chi connectivity index (χ4n) is 1.18. The Morgan fingerprint density at radius 2 is 2.17 bits per heavy atom. The highest BCUT2D eigenvalue weighted by Gasteiger charge is 2.00. The van der Waals surface area contributed by atoms with E-state index in [4.69, 9.17) is 4.74 Å². The standard InChI is InChI=1S/C10H14O2/c1-3-4-8-5-6-10(12-2)9(11)7-8/h5-7,11H,3-4H2,1-2H3. The van der Waals surface area contributed by atoms with Gasteiger partial charge >= 0.3 is 0 Å². The predicted molar refractivity (Wildman–Crippen MR) is 48.7 cm³/mol. The lowest BCUT2D eigenvalue weighted by Gasteiger charge is -2.04. The van der Waals surface area contributed by atoms with Crippen molar-refractivity contribution in [1.29, 1.82) is 0 Å². The van der Waals surface area contributed by atoms with E-state index in [9.17, 15) is 5.11 Å². The number of aromatic hydroxyl groups is 1. The topological polar surface area (TPSA) is 29.5 Å². The molecule has 0 aromatic heterocycles. The van der Waals surface area contributed by atoms with Crippen LogP contribution in [0.1, 0.15) is 18.9 Å². The average Bonchev–Trinajstić information content (AvgIpc) is 2.05. The van der Waals surface area contributed by atoms with Crippen LogP contribution in [-0.2, 0) is 6.42 Å². The molecule has 0 aliphatic heterocycles. The number of rotatable bonds is 3. The van der Waals surface area contributed by atoms with E-state index in [1.54, 1.807) is 19.2 Å². The fourth-order valence-corrected chi connectivity index (χ4v) is 1.18. The molecule has 0 spiro atoms. The molecule has 0 unspecified atom stereocenters. The van der Waals surface area contributed by atoms with E-state index in [-0.39, 0.29) is 5.75 Å². The minimum Gasteiger partial charge on any atom is -0.504 e. The zero-order valence-corrected chi connectivity index (χ0v) is 7.50. The number of methoxy groups -OCH3 is 1. The van der Waals surface area contributed by atoms with Crippen molar-refractivity contribution >= 4 is 0 Å². The minimum atomic E-state index is 0.225. The normalized spacial score (nSPS) is 9.83. The van der Waals surface area contributed by atoms with Crippen molar-refractivity contribution in [2.24, 2.45) is 0 Å². The Morgan fingerprint density at radius 3 is 2.67 bits per heavy atom. The van der Waals surface area contributed by atoms with Gasteiger partial charge < -0.3 is 9.84 Å². The first-order valence-corrected chi connectivity index (χ1v) is 4.13. The highest BCUT2D eigenvalue weighted by molar-refractivity contribution is 5.41. The number of phenols is 1. The second-order valence-corrected chi connectivity index (χ2v) is 2.76. The van der Waals surface area contributed by atoms with Crippen molar-refractivity contribution in [3.8, 4) is 11.5 Å². The molecule has 0 fully saturated rings. The Bertz CT molecular complexity index is 256. The summed E-state index contributed by atoms with van der Waals surface area (Å²) in [5.74, 6) is 0.762. The van der Waals surface area contributed by atoms with Crippen molar-refractivity contribution in [2.75, 3.05) is 7.11 Å². The van der Waals surface area contributed by atoms with E-state index in [0.717, 1.165) is 18.4 Å². The van der Waals surface area contributed by atoms with E-state index in [2.05, 4.69) is 6.92 Å². The van der Waals surface area contributed by atoms with Crippen molar-refractivity contribution in [3.05, 3.63) is 23.8 Å². The molecule has 0 saturated carbocycles. The molecule has 1 aromatic rings. The quantitative estimate of drug-likeness (QED) is 0.746. The van der Waals surface area contributed by atoms with Crippen LogP contribution < -0.4 is 4.74 Å². The fraction of sp³-hybridized carbons (Fsp3) is 0.400. The van der Waals surface area contributed by atoms with Gasteiger partial charge in [0.1, 0.15) is 0 Å². The van der Waals surface area contributed by atoms with E-state index in [1.807, 2.05) is 6.07 Å². The maximum Gasteiger partial charge on any atom is 0.160 e. The summed E-state index contributed by atoms with van der Waals surface area (Å²) in [6.07, 6.45) is 2.09. The Labute approximate surface area is 72.8 Å². The second-order valence-electron chi connectivity index (χ2n) is 2.76. The number of ether oxygens (including phenoxy) is 1. The molecule has 1 rings (SSSR count). The van der Waals surface area contributed by atoms with Crippen LogP contribution in [0.2, 0.25) is 0 Å². The van der Waals surface area contributed by atoms with Crippen LogP contribution in [0.5, 0.6) is 11.5 Å². The van der Waals surface area contributed by atoms with E-state index in [1.165, 1.54) is 0 Å². The zero-order chi connectivity index (χ0) is 8.97. The van der Waals surface area contributed by atoms with Crippen LogP contribution in [0.25, 0.3) is 0 Å². The summed E-state index contributed by atoms with van der Waals surface area (Å²) >= 11 is 0. The van der Waals surface area contributed by atoms with E-state index >= 15 is 0 Å². The van der Waals surface area contributed by atoms with Crippen LogP contribution in [0.15, 0.2) is 18.2 Å². The Balaban J connectivity index is 2.86. The zero-order valence-electron chi connectivity index (χ0n) is 7.50. The first-order chi connectivity index (χ1) is 5.77. The molecule has 2 nitrogen and oxygen atoms in total. The SMILES string of the molecule is CCCc1ccc(OC)c(O)c1. The first-order valence-electron chi connectivity index (χ1n) is 4.13. The summed E-state index contributed by atoms with van der Waals surface area (Å²) in [6, 6.07) is 5.52. The molecular weight excluding hydrogens is 152 g/mol. The van der Waals surface area contributed by atoms with Gasteiger partial charge in [0.05, 0.1) is 7.11 Å². The number of benzene rings is 1. The summed E-state index contributed by atoms with van der Waals surface area (Å²) < 4.78 is 4.93. The van der Waals surface area contributed by atoms with Crippen molar-refractivity contribution < 1.29 is 9.84 Å². The summed E-state index contributed by atoms with van der Waals surface area (Å²) in [4.78, 5) is 0. The molecule has 0 atom stereocenters. The van der Waals surface area contributed by atoms with E-state index < -0.39 is 0 Å². The third-order valence-electron chi connectivity index (χ3n) is 1.78. The van der Waals surface area contributed by atoms with Crippen LogP contribution in [0.4, 0.5) is 0 Å². The van der Waals surface area contributed by atoms with Gasteiger partial charge in [0, 0.05) is 0 Å². The van der Waals surface area contributed by atoms with Crippen LogP contribution >= 0.6 is 0 Å². The van der Waals surface area contributed by atoms with Gasteiger partial charge in [-0.15, -0.1) is 0 Å². The summed E-state index contributed by atoms with van der Waals surface area (Å²) in [5, 5.41) is 9.39. The molecule has 1 N–H and O–H groups in total. The van der Waals surface area contributed by atoms with Gasteiger partial charge in [-0.05, 0) is 24.1 Å². The number of phenolic OH excluding ortho intramolecular Hbond substituents is 1. The lowest BCUT2D eigenvalue weighted by Crippen LogP contribution is -1.86. The van der Waals surface area contributed by atoms with Gasteiger partial charge in [-0.1, -0.05) is 19.4 Å². The summed E-state index contributed by atoms with van der Waals surface area (Å²) in [7, 11) is 1.55. The van der Waals surface area contributed by atoms with Gasteiger partial charge in [-0.25, -0.2) is 0 Å². The van der Waals surface area contributed by atoms with Gasteiger partial charge in [-0.2, -0.15) is 0 Å². The Hall–Kier alpha value is -1.18. The minimum absolute atomic E-state index is 0.225. The van der Waals surface area contributed by atoms with Crippen molar-refractivity contribution in [1.82, 2.24) is 0 Å². The molecule has 0 radical (unpaired) electrons. The van der Waals surface area contributed by atoms with Crippen LogP contribution in [-0.4, -0.2) is 12.2 Å². The monoisotopic (exact) mass is 166 g/mol. The molecule has 0 amide bonds. The van der Waals surface area contributed by atoms with Crippen molar-refractivity contribution in [2.45, 2.75) is 19.8 Å². The Morgan fingerprint density at radius 1 is 1.42 bits per heavy atom. The molecule has 0 aliphatic rings. The first kappa shape index (κ1) is 8.91. The maximum absolute atomic E-state index is 9.39. The van der Waals surface area contributed by atoms with Gasteiger partial charge in [0.15, 0.2) is 11.5 Å². The number of hydrogen-bond acceptors (Lipinski definition) is 2. The lowest BCUT2D eigenvalue weighted by atomic mass is 10.1. The van der Waals surface area contributed by atoms with E-state index in [0.29, 0.717) is 5.75 Å². The molecule has 0 saturated heterocycles. The molecule has 1 aromatic carbocycles. The van der Waals surface area contributed by atoms with Crippen LogP contribution in [0.3, 0.4) is 0 Å². The molecule has 0 bridgehead atoms. The Kier molecular flexibility index (Phi) is 2.97. The predicted octanol–water partition coefficient (Wildman–Crippen LogP) is 2.35. The second kappa shape index (κ2) is 4.00. The highest BCUT2D eigenvalue weighted by atomic mass is 16.5. The van der Waals surface area contributed by atoms with Gasteiger partial charge in [0.25, 0.3) is 0 Å². The molecule has 12 heavy (non-hydrogen) atoms. The van der Waals surface area contributed by atoms with Crippen LogP contribution in [0, 0.1) is 0 Å². The summed E-state index contributed by atoms with van der Waals surface area (Å²) in [5.41, 5.74) is 1.15. The number of hydrogen-bond donors (Lipinski definition) is 1. The largest absolute Gasteiger partial charge is 0.504 e. The molecular formula is C10H14O2. The lowest BCUT2D eigenvalue weighted by molar-refractivity contribution is 0.373. The van der Waals surface area contributed by atoms with Gasteiger partial charge in [-0.3, -0.25) is 0 Å². The number of aryl methyl sites for hydroxylation is 1. The smallest absolute Gasteiger partial charge is 0.160 e.